The minimum Gasteiger partial charge on any atom is -0.477 e. The van der Waals surface area contributed by atoms with Gasteiger partial charge in [-0.2, -0.15) is 10.4 Å². The Morgan fingerprint density at radius 1 is 1.50 bits per heavy atom. The largest absolute Gasteiger partial charge is 0.477 e. The molecule has 0 spiro atoms. The zero-order chi connectivity index (χ0) is 13.1. The summed E-state index contributed by atoms with van der Waals surface area (Å²) in [6, 6.07) is 7.01. The van der Waals surface area contributed by atoms with Crippen LogP contribution in [0.1, 0.15) is 21.6 Å². The van der Waals surface area contributed by atoms with Crippen LogP contribution in [0.2, 0.25) is 0 Å². The first kappa shape index (κ1) is 11.8. The molecule has 1 N–H and O–H groups in total. The van der Waals surface area contributed by atoms with Gasteiger partial charge in [-0.15, -0.1) is 0 Å². The molecule has 2 rings (SSSR count). The Balaban J connectivity index is 2.38. The van der Waals surface area contributed by atoms with Crippen molar-refractivity contribution < 1.29 is 14.3 Å². The smallest absolute Gasteiger partial charge is 0.354 e. The van der Waals surface area contributed by atoms with Crippen LogP contribution in [0, 0.1) is 17.1 Å². The van der Waals surface area contributed by atoms with Gasteiger partial charge in [0.15, 0.2) is 0 Å². The second-order valence-corrected chi connectivity index (χ2v) is 3.59. The Morgan fingerprint density at radius 3 is 2.94 bits per heavy atom. The molecule has 0 aliphatic carbocycles. The van der Waals surface area contributed by atoms with Gasteiger partial charge in [0.25, 0.3) is 0 Å². The van der Waals surface area contributed by atoms with E-state index in [2.05, 4.69) is 5.10 Å². The molecule has 0 amide bonds. The molecule has 1 heterocycles. The molecule has 6 heteroatoms. The average Bonchev–Trinajstić information content (AvgIpc) is 2.79. The van der Waals surface area contributed by atoms with Gasteiger partial charge in [0, 0.05) is 6.20 Å². The molecule has 0 aliphatic rings. The third-order valence-corrected chi connectivity index (χ3v) is 2.45. The van der Waals surface area contributed by atoms with Gasteiger partial charge in [0.05, 0.1) is 18.2 Å². The number of carboxylic acids is 1. The van der Waals surface area contributed by atoms with Crippen molar-refractivity contribution in [3.8, 4) is 6.07 Å². The quantitative estimate of drug-likeness (QED) is 0.891. The van der Waals surface area contributed by atoms with Crippen molar-refractivity contribution in [2.45, 2.75) is 6.54 Å². The summed E-state index contributed by atoms with van der Waals surface area (Å²) < 4.78 is 14.2. The molecule has 0 saturated carbocycles. The molecule has 18 heavy (non-hydrogen) atoms. The summed E-state index contributed by atoms with van der Waals surface area (Å²) in [5.74, 6) is -1.61. The van der Waals surface area contributed by atoms with Crippen LogP contribution in [0.5, 0.6) is 0 Å². The van der Waals surface area contributed by atoms with Crippen LogP contribution >= 0.6 is 0 Å². The highest BCUT2D eigenvalue weighted by Crippen LogP contribution is 2.13. The van der Waals surface area contributed by atoms with E-state index in [0.717, 1.165) is 6.07 Å². The fourth-order valence-corrected chi connectivity index (χ4v) is 1.59. The first-order valence-electron chi connectivity index (χ1n) is 5.05. The van der Waals surface area contributed by atoms with Crippen molar-refractivity contribution in [1.29, 1.82) is 5.26 Å². The van der Waals surface area contributed by atoms with E-state index in [1.807, 2.05) is 6.07 Å². The number of carbonyl (C=O) groups is 1. The number of benzene rings is 1. The standard InChI is InChI=1S/C12H8FN3O2/c13-10-2-1-8(9(5-10)6-14)7-16-11(12(17)18)3-4-15-16/h1-5H,7H2,(H,17,18). The third-order valence-electron chi connectivity index (χ3n) is 2.45. The van der Waals surface area contributed by atoms with Crippen molar-refractivity contribution in [3.63, 3.8) is 0 Å². The van der Waals surface area contributed by atoms with E-state index in [0.29, 0.717) is 5.56 Å². The Kier molecular flexibility index (Phi) is 3.06. The zero-order valence-corrected chi connectivity index (χ0v) is 9.17. The van der Waals surface area contributed by atoms with Gasteiger partial charge in [-0.25, -0.2) is 9.18 Å². The number of hydrogen-bond donors (Lipinski definition) is 1. The summed E-state index contributed by atoms with van der Waals surface area (Å²) in [6.07, 6.45) is 1.36. The molecule has 0 unspecified atom stereocenters. The molecule has 1 aromatic carbocycles. The van der Waals surface area contributed by atoms with Gasteiger partial charge in [-0.1, -0.05) is 6.07 Å². The molecule has 5 nitrogen and oxygen atoms in total. The predicted molar refractivity (Wildman–Crippen MR) is 59.4 cm³/mol. The van der Waals surface area contributed by atoms with Crippen LogP contribution in [0.15, 0.2) is 30.5 Å². The number of rotatable bonds is 3. The number of aromatic carboxylic acids is 1. The summed E-state index contributed by atoms with van der Waals surface area (Å²) in [7, 11) is 0. The molecule has 2 aromatic rings. The van der Waals surface area contributed by atoms with Crippen LogP contribution < -0.4 is 0 Å². The summed E-state index contributed by atoms with van der Waals surface area (Å²) >= 11 is 0. The maximum Gasteiger partial charge on any atom is 0.354 e. The van der Waals surface area contributed by atoms with Crippen LogP contribution in [0.4, 0.5) is 4.39 Å². The van der Waals surface area contributed by atoms with E-state index in [-0.39, 0.29) is 17.8 Å². The lowest BCUT2D eigenvalue weighted by molar-refractivity contribution is 0.0684. The van der Waals surface area contributed by atoms with Crippen LogP contribution in [-0.4, -0.2) is 20.9 Å². The first-order chi connectivity index (χ1) is 8.61. The number of nitriles is 1. The number of carboxylic acid groups (broad SMARTS) is 1. The maximum absolute atomic E-state index is 13.0. The molecule has 90 valence electrons. The third kappa shape index (κ3) is 2.20. The highest BCUT2D eigenvalue weighted by atomic mass is 19.1. The lowest BCUT2D eigenvalue weighted by Crippen LogP contribution is -2.11. The first-order valence-corrected chi connectivity index (χ1v) is 5.05. The molecule has 0 aliphatic heterocycles. The fourth-order valence-electron chi connectivity index (χ4n) is 1.59. The molecular weight excluding hydrogens is 237 g/mol. The van der Waals surface area contributed by atoms with Gasteiger partial charge in [-0.3, -0.25) is 4.68 Å². The summed E-state index contributed by atoms with van der Waals surface area (Å²) in [4.78, 5) is 10.9. The highest BCUT2D eigenvalue weighted by molar-refractivity contribution is 5.85. The second kappa shape index (κ2) is 4.67. The Hall–Kier alpha value is -2.68. The van der Waals surface area contributed by atoms with E-state index >= 15 is 0 Å². The van der Waals surface area contributed by atoms with Gasteiger partial charge >= 0.3 is 5.97 Å². The Morgan fingerprint density at radius 2 is 2.28 bits per heavy atom. The average molecular weight is 245 g/mol. The zero-order valence-electron chi connectivity index (χ0n) is 9.17. The van der Waals surface area contributed by atoms with E-state index in [1.165, 1.54) is 29.1 Å². The maximum atomic E-state index is 13.0. The number of nitrogens with zero attached hydrogens (tertiary/aromatic N) is 3. The molecule has 1 aromatic heterocycles. The minimum absolute atomic E-state index is 0.0169. The van der Waals surface area contributed by atoms with Gasteiger partial charge in [0.2, 0.25) is 0 Å². The van der Waals surface area contributed by atoms with Crippen molar-refractivity contribution in [2.24, 2.45) is 0 Å². The monoisotopic (exact) mass is 245 g/mol. The molecule has 0 fully saturated rings. The van der Waals surface area contributed by atoms with Gasteiger partial charge in [-0.05, 0) is 23.8 Å². The van der Waals surface area contributed by atoms with Crippen LogP contribution in [0.3, 0.4) is 0 Å². The fraction of sp³-hybridized carbons (Fsp3) is 0.0833. The van der Waals surface area contributed by atoms with Crippen LogP contribution in [0.25, 0.3) is 0 Å². The van der Waals surface area contributed by atoms with Crippen LogP contribution in [-0.2, 0) is 6.54 Å². The minimum atomic E-state index is -1.10. The summed E-state index contributed by atoms with van der Waals surface area (Å²) in [5.41, 5.74) is 0.704. The molecule has 0 radical (unpaired) electrons. The van der Waals surface area contributed by atoms with Crippen molar-refractivity contribution in [1.82, 2.24) is 9.78 Å². The number of aromatic nitrogens is 2. The number of hydrogen-bond acceptors (Lipinski definition) is 3. The number of halogens is 1. The normalized spacial score (nSPS) is 10.0. The predicted octanol–water partition coefficient (Wildman–Crippen LogP) is 1.64. The van der Waals surface area contributed by atoms with Gasteiger partial charge in [0.1, 0.15) is 11.5 Å². The van der Waals surface area contributed by atoms with E-state index < -0.39 is 11.8 Å². The topological polar surface area (TPSA) is 78.9 Å². The molecule has 0 atom stereocenters. The summed E-state index contributed by atoms with van der Waals surface area (Å²) in [5, 5.41) is 21.7. The lowest BCUT2D eigenvalue weighted by Gasteiger charge is -2.06. The highest BCUT2D eigenvalue weighted by Gasteiger charge is 2.12. The van der Waals surface area contributed by atoms with Crippen molar-refractivity contribution >= 4 is 5.97 Å². The SMILES string of the molecule is N#Cc1cc(F)ccc1Cn1nccc1C(=O)O. The second-order valence-electron chi connectivity index (χ2n) is 3.59. The Labute approximate surface area is 102 Å². The van der Waals surface area contributed by atoms with Gasteiger partial charge < -0.3 is 5.11 Å². The van der Waals surface area contributed by atoms with Crippen molar-refractivity contribution in [2.75, 3.05) is 0 Å². The van der Waals surface area contributed by atoms with E-state index in [1.54, 1.807) is 0 Å². The summed E-state index contributed by atoms with van der Waals surface area (Å²) in [6.45, 7) is 0.109. The molecule has 0 saturated heterocycles. The van der Waals surface area contributed by atoms with E-state index in [9.17, 15) is 9.18 Å². The van der Waals surface area contributed by atoms with E-state index in [4.69, 9.17) is 10.4 Å². The molecular formula is C12H8FN3O2. The Bertz CT molecular complexity index is 643. The molecule has 0 bridgehead atoms. The lowest BCUT2D eigenvalue weighted by atomic mass is 10.1. The van der Waals surface area contributed by atoms with Crippen molar-refractivity contribution in [3.05, 3.63) is 53.1 Å².